The zero-order chi connectivity index (χ0) is 15.0. The molecule has 114 valence electrons. The number of carbonyl (C=O) groups is 1. The van der Waals surface area contributed by atoms with Gasteiger partial charge in [0.25, 0.3) is 0 Å². The molecule has 1 aliphatic heterocycles. The molecule has 1 saturated carbocycles. The third-order valence-corrected chi connectivity index (χ3v) is 4.47. The Hall–Kier alpha value is -1.56. The van der Waals surface area contributed by atoms with Crippen LogP contribution in [0.4, 0.5) is 5.82 Å². The second kappa shape index (κ2) is 5.67. The molecule has 1 amide bonds. The lowest BCUT2D eigenvalue weighted by Crippen LogP contribution is -2.49. The molecule has 2 fully saturated rings. The Morgan fingerprint density at radius 2 is 2.05 bits per heavy atom. The number of nitrogens with zero attached hydrogens (tertiary/aromatic N) is 4. The van der Waals surface area contributed by atoms with Crippen molar-refractivity contribution in [2.24, 2.45) is 11.8 Å². The summed E-state index contributed by atoms with van der Waals surface area (Å²) < 4.78 is 5.04. The quantitative estimate of drug-likeness (QED) is 0.845. The van der Waals surface area contributed by atoms with Crippen molar-refractivity contribution in [3.8, 4) is 6.01 Å². The normalized spacial score (nSPS) is 24.9. The molecule has 3 rings (SSSR count). The molecule has 1 aromatic heterocycles. The number of halogens is 1. The third-order valence-electron chi connectivity index (χ3n) is 4.20. The van der Waals surface area contributed by atoms with Crippen LogP contribution in [-0.2, 0) is 4.79 Å². The van der Waals surface area contributed by atoms with Crippen molar-refractivity contribution in [2.45, 2.75) is 13.3 Å². The summed E-state index contributed by atoms with van der Waals surface area (Å²) in [5.41, 5.74) is 0. The lowest BCUT2D eigenvalue weighted by atomic mass is 10.2. The van der Waals surface area contributed by atoms with Crippen LogP contribution >= 0.6 is 11.6 Å². The van der Waals surface area contributed by atoms with Gasteiger partial charge in [0.1, 0.15) is 5.02 Å². The van der Waals surface area contributed by atoms with E-state index in [9.17, 15) is 4.79 Å². The summed E-state index contributed by atoms with van der Waals surface area (Å²) in [7, 11) is 1.53. The minimum absolute atomic E-state index is 0.249. The lowest BCUT2D eigenvalue weighted by Gasteiger charge is -2.35. The Kier molecular flexibility index (Phi) is 3.89. The van der Waals surface area contributed by atoms with Gasteiger partial charge >= 0.3 is 6.01 Å². The summed E-state index contributed by atoms with van der Waals surface area (Å²) in [5.74, 6) is 1.78. The average molecular weight is 311 g/mol. The number of methoxy groups -OCH3 is 1. The largest absolute Gasteiger partial charge is 0.467 e. The number of carbonyl (C=O) groups excluding carboxylic acids is 1. The summed E-state index contributed by atoms with van der Waals surface area (Å²) in [5, 5.41) is 0.506. The van der Waals surface area contributed by atoms with Crippen molar-refractivity contribution >= 4 is 23.3 Å². The zero-order valence-corrected chi connectivity index (χ0v) is 13.0. The van der Waals surface area contributed by atoms with Crippen molar-refractivity contribution in [3.63, 3.8) is 0 Å². The molecule has 21 heavy (non-hydrogen) atoms. The molecule has 0 N–H and O–H groups in total. The van der Waals surface area contributed by atoms with Crippen molar-refractivity contribution < 1.29 is 9.53 Å². The number of piperazine rings is 1. The summed E-state index contributed by atoms with van der Waals surface area (Å²) in [4.78, 5) is 24.5. The van der Waals surface area contributed by atoms with E-state index in [1.54, 1.807) is 6.20 Å². The van der Waals surface area contributed by atoms with Crippen LogP contribution in [0.1, 0.15) is 13.3 Å². The second-order valence-corrected chi connectivity index (χ2v) is 6.07. The van der Waals surface area contributed by atoms with Crippen LogP contribution in [0.25, 0.3) is 0 Å². The third kappa shape index (κ3) is 2.90. The molecule has 1 saturated heterocycles. The first-order valence-corrected chi connectivity index (χ1v) is 7.58. The molecule has 6 nitrogen and oxygen atoms in total. The number of rotatable bonds is 3. The van der Waals surface area contributed by atoms with Crippen LogP contribution in [0.5, 0.6) is 6.01 Å². The van der Waals surface area contributed by atoms with E-state index in [1.807, 2.05) is 4.90 Å². The smallest absolute Gasteiger partial charge is 0.318 e. The van der Waals surface area contributed by atoms with E-state index < -0.39 is 0 Å². The van der Waals surface area contributed by atoms with Gasteiger partial charge in [0, 0.05) is 32.1 Å². The van der Waals surface area contributed by atoms with Gasteiger partial charge in [-0.1, -0.05) is 18.5 Å². The van der Waals surface area contributed by atoms with Gasteiger partial charge in [-0.05, 0) is 12.3 Å². The molecular weight excluding hydrogens is 292 g/mol. The van der Waals surface area contributed by atoms with Gasteiger partial charge in [-0.25, -0.2) is 4.98 Å². The van der Waals surface area contributed by atoms with E-state index in [0.717, 1.165) is 19.5 Å². The topological polar surface area (TPSA) is 58.6 Å². The average Bonchev–Trinajstić information content (AvgIpc) is 3.24. The molecule has 0 spiro atoms. The SMILES string of the molecule is COc1ncc(Cl)c(N2CCN(C(=O)C3CC3C)CC2)n1. The fourth-order valence-corrected chi connectivity index (χ4v) is 2.91. The zero-order valence-electron chi connectivity index (χ0n) is 12.3. The minimum Gasteiger partial charge on any atom is -0.467 e. The van der Waals surface area contributed by atoms with Crippen LogP contribution in [0.3, 0.4) is 0 Å². The fraction of sp³-hybridized carbons (Fsp3) is 0.643. The number of anilines is 1. The van der Waals surface area contributed by atoms with Gasteiger partial charge in [0.15, 0.2) is 5.82 Å². The number of hydrogen-bond donors (Lipinski definition) is 0. The standard InChI is InChI=1S/C14H19ClN4O2/c1-9-7-10(9)13(20)19-5-3-18(4-6-19)12-11(15)8-16-14(17-12)21-2/h8-10H,3-7H2,1-2H3. The summed E-state index contributed by atoms with van der Waals surface area (Å²) in [6.07, 6.45) is 2.58. The van der Waals surface area contributed by atoms with Crippen molar-refractivity contribution in [1.82, 2.24) is 14.9 Å². The Morgan fingerprint density at radius 3 is 2.62 bits per heavy atom. The first kappa shape index (κ1) is 14.4. The van der Waals surface area contributed by atoms with Gasteiger partial charge in [-0.3, -0.25) is 4.79 Å². The highest BCUT2D eigenvalue weighted by Crippen LogP contribution is 2.39. The second-order valence-electron chi connectivity index (χ2n) is 5.66. The molecule has 2 atom stereocenters. The first-order valence-electron chi connectivity index (χ1n) is 7.20. The predicted octanol–water partition coefficient (Wildman–Crippen LogP) is 1.44. The predicted molar refractivity (Wildman–Crippen MR) is 79.7 cm³/mol. The van der Waals surface area contributed by atoms with Crippen LogP contribution in [-0.4, -0.2) is 54.1 Å². The van der Waals surface area contributed by atoms with Crippen molar-refractivity contribution in [2.75, 3.05) is 38.2 Å². The highest BCUT2D eigenvalue weighted by Gasteiger charge is 2.42. The summed E-state index contributed by atoms with van der Waals surface area (Å²) in [6.45, 7) is 5.01. The maximum absolute atomic E-state index is 12.2. The molecule has 2 unspecified atom stereocenters. The Bertz CT molecular complexity index is 546. The van der Waals surface area contributed by atoms with Crippen LogP contribution in [0.2, 0.25) is 5.02 Å². The summed E-state index contributed by atoms with van der Waals surface area (Å²) >= 11 is 6.16. The lowest BCUT2D eigenvalue weighted by molar-refractivity contribution is -0.133. The van der Waals surface area contributed by atoms with E-state index >= 15 is 0 Å². The molecular formula is C14H19ClN4O2. The number of amides is 1. The highest BCUT2D eigenvalue weighted by atomic mass is 35.5. The van der Waals surface area contributed by atoms with Gasteiger partial charge < -0.3 is 14.5 Å². The maximum atomic E-state index is 12.2. The van der Waals surface area contributed by atoms with E-state index in [2.05, 4.69) is 21.8 Å². The fourth-order valence-electron chi connectivity index (χ4n) is 2.70. The van der Waals surface area contributed by atoms with Gasteiger partial charge in [-0.2, -0.15) is 4.98 Å². The first-order chi connectivity index (χ1) is 10.1. The Morgan fingerprint density at radius 1 is 1.38 bits per heavy atom. The molecule has 0 radical (unpaired) electrons. The summed E-state index contributed by atoms with van der Waals surface area (Å²) in [6, 6.07) is 0.305. The highest BCUT2D eigenvalue weighted by molar-refractivity contribution is 6.32. The van der Waals surface area contributed by atoms with Gasteiger partial charge in [-0.15, -0.1) is 0 Å². The molecule has 2 heterocycles. The Labute approximate surface area is 129 Å². The number of hydrogen-bond acceptors (Lipinski definition) is 5. The molecule has 0 bridgehead atoms. The van der Waals surface area contributed by atoms with Crippen LogP contribution < -0.4 is 9.64 Å². The number of ether oxygens (including phenoxy) is 1. The molecule has 0 aromatic carbocycles. The molecule has 7 heteroatoms. The van der Waals surface area contributed by atoms with Gasteiger partial charge in [0.05, 0.1) is 13.3 Å². The molecule has 1 aromatic rings. The molecule has 2 aliphatic rings. The minimum atomic E-state index is 0.249. The van der Waals surface area contributed by atoms with Crippen molar-refractivity contribution in [3.05, 3.63) is 11.2 Å². The molecule has 1 aliphatic carbocycles. The van der Waals surface area contributed by atoms with E-state index in [4.69, 9.17) is 16.3 Å². The van der Waals surface area contributed by atoms with Crippen molar-refractivity contribution in [1.29, 1.82) is 0 Å². The Balaban J connectivity index is 1.64. The van der Waals surface area contributed by atoms with E-state index in [0.29, 0.717) is 41.8 Å². The maximum Gasteiger partial charge on any atom is 0.318 e. The van der Waals surface area contributed by atoms with Crippen LogP contribution in [0.15, 0.2) is 6.20 Å². The van der Waals surface area contributed by atoms with E-state index in [-0.39, 0.29) is 5.92 Å². The van der Waals surface area contributed by atoms with Crippen LogP contribution in [0, 0.1) is 11.8 Å². The monoisotopic (exact) mass is 310 g/mol. The number of aromatic nitrogens is 2. The van der Waals surface area contributed by atoms with E-state index in [1.165, 1.54) is 7.11 Å². The van der Waals surface area contributed by atoms with Gasteiger partial charge in [0.2, 0.25) is 5.91 Å².